The van der Waals surface area contributed by atoms with Crippen LogP contribution in [-0.4, -0.2) is 48.5 Å². The van der Waals surface area contributed by atoms with Gasteiger partial charge in [-0.15, -0.1) is 0 Å². The van der Waals surface area contributed by atoms with Crippen LogP contribution in [0.2, 0.25) is 0 Å². The summed E-state index contributed by atoms with van der Waals surface area (Å²) in [4.78, 5) is 0. The Bertz CT molecular complexity index is 330. The van der Waals surface area contributed by atoms with E-state index in [1.54, 1.807) is 0 Å². The van der Waals surface area contributed by atoms with Gasteiger partial charge in [0.05, 0.1) is 0 Å². The molecule has 0 bridgehead atoms. The molecule has 17 heavy (non-hydrogen) atoms. The Balaban J connectivity index is 2.54. The van der Waals surface area contributed by atoms with Gasteiger partial charge in [-0.1, -0.05) is 0 Å². The molecule has 0 aliphatic rings. The van der Waals surface area contributed by atoms with E-state index in [0.29, 0.717) is 0 Å². The molecule has 1 aromatic heterocycles. The van der Waals surface area contributed by atoms with Crippen LogP contribution in [-0.2, 0) is 0 Å². The molecular weight excluding hydrogens is 325 g/mol. The Morgan fingerprint density at radius 3 is 1.47 bits per heavy atom. The van der Waals surface area contributed by atoms with Gasteiger partial charge in [-0.3, -0.25) is 0 Å². The van der Waals surface area contributed by atoms with Crippen LogP contribution < -0.4 is 9.47 Å². The van der Waals surface area contributed by atoms with Crippen LogP contribution in [0.1, 0.15) is 0 Å². The molecule has 0 aromatic carbocycles. The third kappa shape index (κ3) is 5.78. The second kappa shape index (κ2) is 5.13. The molecule has 0 radical (unpaired) electrons. The average molecular weight is 329 g/mol. The Labute approximate surface area is 96.7 Å². The van der Waals surface area contributed by atoms with Crippen LogP contribution in [0.15, 0.2) is 0 Å². The van der Waals surface area contributed by atoms with Crippen molar-refractivity contribution in [1.82, 2.24) is 7.96 Å². The zero-order valence-electron chi connectivity index (χ0n) is 7.80. The fourth-order valence-corrected chi connectivity index (χ4v) is 1.59. The van der Waals surface area contributed by atoms with E-state index in [2.05, 4.69) is 17.4 Å². The van der Waals surface area contributed by atoms with E-state index in [1.807, 2.05) is 0 Å². The summed E-state index contributed by atoms with van der Waals surface area (Å²) in [5.74, 6) is -1.29. The molecule has 0 atom stereocenters. The van der Waals surface area contributed by atoms with Gasteiger partial charge in [-0.25, -0.2) is 0 Å². The number of rotatable bonds is 4. The normalized spacial score (nSPS) is 12.6. The minimum absolute atomic E-state index is 0.647. The molecule has 1 aromatic rings. The molecule has 0 saturated carbocycles. The van der Waals surface area contributed by atoms with Crippen molar-refractivity contribution in [3.63, 3.8) is 0 Å². The summed E-state index contributed by atoms with van der Waals surface area (Å²) in [5, 5.41) is 0. The van der Waals surface area contributed by atoms with E-state index >= 15 is 0 Å². The summed E-state index contributed by atoms with van der Waals surface area (Å²) in [5.41, 5.74) is 0. The van der Waals surface area contributed by atoms with Crippen molar-refractivity contribution in [2.75, 3.05) is 13.2 Å². The molecule has 4 nitrogen and oxygen atoms in total. The summed E-state index contributed by atoms with van der Waals surface area (Å²) >= 11 is -0.845. The van der Waals surface area contributed by atoms with E-state index < -0.39 is 52.3 Å². The maximum absolute atomic E-state index is 11.8. The van der Waals surface area contributed by atoms with E-state index in [9.17, 15) is 26.3 Å². The first kappa shape index (κ1) is 14.1. The Hall–Kier alpha value is -0.961. The first-order valence-corrected chi connectivity index (χ1v) is 5.42. The summed E-state index contributed by atoms with van der Waals surface area (Å²) in [6.07, 6.45) is -9.21. The second-order valence-corrected chi connectivity index (χ2v) is 3.79. The predicted molar refractivity (Wildman–Crippen MR) is 42.1 cm³/mol. The molecule has 0 unspecified atom stereocenters. The third-order valence-electron chi connectivity index (χ3n) is 1.18. The van der Waals surface area contributed by atoms with Crippen LogP contribution in [0.3, 0.4) is 0 Å². The van der Waals surface area contributed by atoms with Crippen molar-refractivity contribution in [2.45, 2.75) is 12.4 Å². The molecule has 0 aliphatic heterocycles. The molecule has 0 fully saturated rings. The fraction of sp³-hybridized carbons (Fsp3) is 0.667. The van der Waals surface area contributed by atoms with Gasteiger partial charge in [0.25, 0.3) is 0 Å². The molecule has 0 spiro atoms. The zero-order chi connectivity index (χ0) is 13.1. The predicted octanol–water partition coefficient (Wildman–Crippen LogP) is 1.42. The monoisotopic (exact) mass is 330 g/mol. The molecular formula is C6H4F6N2O2Se. The molecule has 0 saturated heterocycles. The van der Waals surface area contributed by atoms with Gasteiger partial charge < -0.3 is 0 Å². The van der Waals surface area contributed by atoms with Crippen LogP contribution in [0.4, 0.5) is 26.3 Å². The summed E-state index contributed by atoms with van der Waals surface area (Å²) in [7, 11) is 0. The molecule has 0 N–H and O–H groups in total. The van der Waals surface area contributed by atoms with Crippen LogP contribution in [0, 0.1) is 0 Å². The van der Waals surface area contributed by atoms with Crippen molar-refractivity contribution in [3.8, 4) is 11.8 Å². The maximum atomic E-state index is 11.8. The Kier molecular flexibility index (Phi) is 4.26. The van der Waals surface area contributed by atoms with Crippen LogP contribution >= 0.6 is 0 Å². The van der Waals surface area contributed by atoms with Crippen molar-refractivity contribution in [2.24, 2.45) is 0 Å². The quantitative estimate of drug-likeness (QED) is 0.619. The molecule has 1 rings (SSSR count). The van der Waals surface area contributed by atoms with Crippen LogP contribution in [0.5, 0.6) is 11.8 Å². The summed E-state index contributed by atoms with van der Waals surface area (Å²) < 4.78 is 85.7. The van der Waals surface area contributed by atoms with Crippen molar-refractivity contribution >= 4 is 15.0 Å². The Morgan fingerprint density at radius 2 is 1.18 bits per heavy atom. The zero-order valence-corrected chi connectivity index (χ0v) is 9.51. The average Bonchev–Trinajstić information content (AvgIpc) is 2.56. The molecule has 1 heterocycles. The Morgan fingerprint density at radius 1 is 0.824 bits per heavy atom. The number of nitrogens with zero attached hydrogens (tertiary/aromatic N) is 2. The van der Waals surface area contributed by atoms with Gasteiger partial charge in [-0.2, -0.15) is 0 Å². The number of hydrogen-bond donors (Lipinski definition) is 0. The summed E-state index contributed by atoms with van der Waals surface area (Å²) in [6.45, 7) is -3.31. The number of alkyl halides is 6. The molecule has 11 heteroatoms. The SMILES string of the molecule is FC(F)(F)COc1n[se]nc1OCC(F)(F)F. The van der Waals surface area contributed by atoms with Gasteiger partial charge >= 0.3 is 96.1 Å². The van der Waals surface area contributed by atoms with Gasteiger partial charge in [0.1, 0.15) is 0 Å². The van der Waals surface area contributed by atoms with Gasteiger partial charge in [-0.05, 0) is 0 Å². The number of halogens is 6. The van der Waals surface area contributed by atoms with E-state index in [1.165, 1.54) is 0 Å². The van der Waals surface area contributed by atoms with E-state index in [0.717, 1.165) is 0 Å². The second-order valence-electron chi connectivity index (χ2n) is 2.68. The standard InChI is InChI=1S/C6H4F6N2O2Se/c7-5(8,9)1-15-3-4(14-17-13-3)16-2-6(10,11)12/h1-2H2. The fourth-order valence-electron chi connectivity index (χ4n) is 0.649. The van der Waals surface area contributed by atoms with E-state index in [-0.39, 0.29) is 0 Å². The van der Waals surface area contributed by atoms with Crippen molar-refractivity contribution < 1.29 is 35.8 Å². The number of aromatic nitrogens is 2. The minimum atomic E-state index is -4.60. The number of ether oxygens (including phenoxy) is 2. The number of hydrogen-bond acceptors (Lipinski definition) is 4. The van der Waals surface area contributed by atoms with E-state index in [4.69, 9.17) is 0 Å². The third-order valence-corrected chi connectivity index (χ3v) is 2.21. The first-order valence-electron chi connectivity index (χ1n) is 3.89. The topological polar surface area (TPSA) is 44.2 Å². The molecule has 0 amide bonds. The van der Waals surface area contributed by atoms with Crippen LogP contribution in [0.25, 0.3) is 0 Å². The van der Waals surface area contributed by atoms with Crippen molar-refractivity contribution in [3.05, 3.63) is 0 Å². The van der Waals surface area contributed by atoms with Gasteiger partial charge in [0.15, 0.2) is 0 Å². The molecule has 98 valence electrons. The summed E-state index contributed by atoms with van der Waals surface area (Å²) in [6, 6.07) is 0. The molecule has 0 aliphatic carbocycles. The van der Waals surface area contributed by atoms with Gasteiger partial charge in [0, 0.05) is 0 Å². The van der Waals surface area contributed by atoms with Gasteiger partial charge in [0.2, 0.25) is 0 Å². The van der Waals surface area contributed by atoms with Crippen molar-refractivity contribution in [1.29, 1.82) is 0 Å². The first-order chi connectivity index (χ1) is 7.67.